The van der Waals surface area contributed by atoms with Crippen molar-refractivity contribution in [1.82, 2.24) is 24.9 Å². The molecule has 3 rings (SSSR count). The first-order valence-electron chi connectivity index (χ1n) is 8.66. The van der Waals surface area contributed by atoms with Crippen LogP contribution in [-0.2, 0) is 17.8 Å². The Balaban J connectivity index is 1.61. The SMILES string of the molecule is Cc1n[nH]c(C)c1CCCN(C)C(=O)Cn1ncc2ccccc2c1=O. The van der Waals surface area contributed by atoms with E-state index in [1.54, 1.807) is 24.2 Å². The molecule has 1 amide bonds. The van der Waals surface area contributed by atoms with E-state index >= 15 is 0 Å². The molecule has 3 aromatic rings. The molecular weight excluding hydrogens is 330 g/mol. The lowest BCUT2D eigenvalue weighted by atomic mass is 10.1. The highest BCUT2D eigenvalue weighted by Crippen LogP contribution is 2.12. The van der Waals surface area contributed by atoms with Gasteiger partial charge in [-0.1, -0.05) is 18.2 Å². The molecule has 26 heavy (non-hydrogen) atoms. The normalized spacial score (nSPS) is 11.0. The van der Waals surface area contributed by atoms with Gasteiger partial charge in [0.1, 0.15) is 6.54 Å². The van der Waals surface area contributed by atoms with Crippen LogP contribution in [0.2, 0.25) is 0 Å². The maximum absolute atomic E-state index is 12.5. The number of aromatic nitrogens is 4. The lowest BCUT2D eigenvalue weighted by molar-refractivity contribution is -0.130. The van der Waals surface area contributed by atoms with E-state index in [1.165, 1.54) is 10.2 Å². The standard InChI is InChI=1S/C19H23N5O2/c1-13-16(14(2)22-21-13)9-6-10-23(3)18(25)12-24-19(26)17-8-5-4-7-15(17)11-20-24/h4-5,7-8,11H,6,9-10,12H2,1-3H3,(H,21,22). The molecule has 0 saturated carbocycles. The van der Waals surface area contributed by atoms with E-state index in [4.69, 9.17) is 0 Å². The molecule has 136 valence electrons. The monoisotopic (exact) mass is 353 g/mol. The summed E-state index contributed by atoms with van der Waals surface area (Å²) in [4.78, 5) is 26.5. The van der Waals surface area contributed by atoms with Crippen LogP contribution in [0.1, 0.15) is 23.4 Å². The van der Waals surface area contributed by atoms with Gasteiger partial charge in [-0.3, -0.25) is 14.7 Å². The van der Waals surface area contributed by atoms with Gasteiger partial charge in [-0.15, -0.1) is 0 Å². The van der Waals surface area contributed by atoms with Crippen molar-refractivity contribution in [1.29, 1.82) is 0 Å². The summed E-state index contributed by atoms with van der Waals surface area (Å²) in [5.41, 5.74) is 3.04. The van der Waals surface area contributed by atoms with Crippen LogP contribution in [0.4, 0.5) is 0 Å². The minimum Gasteiger partial charge on any atom is -0.344 e. The molecule has 1 N–H and O–H groups in total. The van der Waals surface area contributed by atoms with Crippen molar-refractivity contribution in [2.45, 2.75) is 33.2 Å². The average Bonchev–Trinajstić information content (AvgIpc) is 2.96. The van der Waals surface area contributed by atoms with E-state index in [0.717, 1.165) is 29.6 Å². The number of likely N-dealkylation sites (N-methyl/N-ethyl adjacent to an activating group) is 1. The van der Waals surface area contributed by atoms with Crippen molar-refractivity contribution in [3.63, 3.8) is 0 Å². The van der Waals surface area contributed by atoms with Crippen molar-refractivity contribution >= 4 is 16.7 Å². The summed E-state index contributed by atoms with van der Waals surface area (Å²) >= 11 is 0. The van der Waals surface area contributed by atoms with Gasteiger partial charge < -0.3 is 4.90 Å². The zero-order chi connectivity index (χ0) is 18.7. The zero-order valence-electron chi connectivity index (χ0n) is 15.3. The first-order chi connectivity index (χ1) is 12.5. The number of amides is 1. The van der Waals surface area contributed by atoms with Gasteiger partial charge in [-0.2, -0.15) is 10.2 Å². The number of hydrogen-bond acceptors (Lipinski definition) is 4. The fourth-order valence-electron chi connectivity index (χ4n) is 3.05. The third kappa shape index (κ3) is 3.66. The molecule has 7 nitrogen and oxygen atoms in total. The van der Waals surface area contributed by atoms with E-state index < -0.39 is 0 Å². The van der Waals surface area contributed by atoms with Crippen LogP contribution in [-0.4, -0.2) is 44.4 Å². The predicted molar refractivity (Wildman–Crippen MR) is 100 cm³/mol. The number of hydrogen-bond donors (Lipinski definition) is 1. The molecule has 2 aromatic heterocycles. The van der Waals surface area contributed by atoms with Crippen molar-refractivity contribution in [3.05, 3.63) is 57.8 Å². The van der Waals surface area contributed by atoms with Crippen LogP contribution in [0.3, 0.4) is 0 Å². The molecule has 0 atom stereocenters. The second-order valence-electron chi connectivity index (χ2n) is 6.53. The largest absolute Gasteiger partial charge is 0.344 e. The Labute approximate surface area is 151 Å². The molecule has 0 aliphatic rings. The topological polar surface area (TPSA) is 83.9 Å². The highest BCUT2D eigenvalue weighted by molar-refractivity contribution is 5.81. The van der Waals surface area contributed by atoms with Gasteiger partial charge in [-0.05, 0) is 38.3 Å². The Morgan fingerprint density at radius 1 is 1.27 bits per heavy atom. The van der Waals surface area contributed by atoms with Crippen LogP contribution < -0.4 is 5.56 Å². The van der Waals surface area contributed by atoms with Gasteiger partial charge in [0.05, 0.1) is 17.3 Å². The van der Waals surface area contributed by atoms with Gasteiger partial charge >= 0.3 is 0 Å². The number of carbonyl (C=O) groups excluding carboxylic acids is 1. The summed E-state index contributed by atoms with van der Waals surface area (Å²) < 4.78 is 1.23. The first kappa shape index (κ1) is 17.8. The number of benzene rings is 1. The van der Waals surface area contributed by atoms with Gasteiger partial charge in [-0.25, -0.2) is 4.68 Å². The number of carbonyl (C=O) groups is 1. The molecule has 7 heteroatoms. The minimum atomic E-state index is -0.241. The van der Waals surface area contributed by atoms with Gasteiger partial charge in [0.25, 0.3) is 5.56 Å². The number of fused-ring (bicyclic) bond motifs is 1. The molecule has 0 aliphatic heterocycles. The maximum atomic E-state index is 12.5. The molecule has 0 saturated heterocycles. The summed E-state index contributed by atoms with van der Waals surface area (Å²) in [7, 11) is 1.75. The summed E-state index contributed by atoms with van der Waals surface area (Å²) in [5, 5.41) is 12.6. The zero-order valence-corrected chi connectivity index (χ0v) is 15.3. The molecule has 1 aromatic carbocycles. The average molecular weight is 353 g/mol. The smallest absolute Gasteiger partial charge is 0.275 e. The minimum absolute atomic E-state index is 0.0517. The van der Waals surface area contributed by atoms with Crippen LogP contribution >= 0.6 is 0 Å². The Morgan fingerprint density at radius 3 is 2.77 bits per heavy atom. The molecular formula is C19H23N5O2. The molecule has 0 fully saturated rings. The first-order valence-corrected chi connectivity index (χ1v) is 8.66. The van der Waals surface area contributed by atoms with E-state index in [9.17, 15) is 9.59 Å². The summed E-state index contributed by atoms with van der Waals surface area (Å²) in [6.45, 7) is 4.54. The highest BCUT2D eigenvalue weighted by atomic mass is 16.2. The van der Waals surface area contributed by atoms with Gasteiger partial charge in [0.15, 0.2) is 0 Å². The second kappa shape index (κ2) is 7.51. The van der Waals surface area contributed by atoms with Gasteiger partial charge in [0.2, 0.25) is 5.91 Å². The number of nitrogens with one attached hydrogen (secondary N) is 1. The van der Waals surface area contributed by atoms with E-state index in [2.05, 4.69) is 15.3 Å². The fourth-order valence-corrected chi connectivity index (χ4v) is 3.05. The van der Waals surface area contributed by atoms with Crippen molar-refractivity contribution in [2.24, 2.45) is 0 Å². The molecule has 2 heterocycles. The van der Waals surface area contributed by atoms with Crippen LogP contribution in [0.25, 0.3) is 10.8 Å². The third-order valence-corrected chi connectivity index (χ3v) is 4.67. The van der Waals surface area contributed by atoms with Crippen LogP contribution in [0.5, 0.6) is 0 Å². The Kier molecular flexibility index (Phi) is 5.16. The quantitative estimate of drug-likeness (QED) is 0.733. The molecule has 0 bridgehead atoms. The lowest BCUT2D eigenvalue weighted by Crippen LogP contribution is -2.35. The van der Waals surface area contributed by atoms with Crippen molar-refractivity contribution in [2.75, 3.05) is 13.6 Å². The van der Waals surface area contributed by atoms with E-state index in [0.29, 0.717) is 11.9 Å². The third-order valence-electron chi connectivity index (χ3n) is 4.67. The van der Waals surface area contributed by atoms with Crippen molar-refractivity contribution < 1.29 is 4.79 Å². The Morgan fingerprint density at radius 2 is 2.04 bits per heavy atom. The number of H-pyrrole nitrogens is 1. The van der Waals surface area contributed by atoms with E-state index in [1.807, 2.05) is 32.0 Å². The van der Waals surface area contributed by atoms with Gasteiger partial charge in [0, 0.05) is 24.7 Å². The fraction of sp³-hybridized carbons (Fsp3) is 0.368. The summed E-state index contributed by atoms with van der Waals surface area (Å²) in [6.07, 6.45) is 3.32. The number of aryl methyl sites for hydroxylation is 2. The molecule has 0 radical (unpaired) electrons. The number of nitrogens with zero attached hydrogens (tertiary/aromatic N) is 4. The number of rotatable bonds is 6. The summed E-state index contributed by atoms with van der Waals surface area (Å²) in [5.74, 6) is -0.129. The van der Waals surface area contributed by atoms with Crippen LogP contribution in [0.15, 0.2) is 35.3 Å². The van der Waals surface area contributed by atoms with Crippen molar-refractivity contribution in [3.8, 4) is 0 Å². The Bertz CT molecular complexity index is 970. The molecule has 0 aliphatic carbocycles. The molecule has 0 spiro atoms. The Hall–Kier alpha value is -2.96. The second-order valence-corrected chi connectivity index (χ2v) is 6.53. The van der Waals surface area contributed by atoms with E-state index in [-0.39, 0.29) is 18.0 Å². The number of aromatic amines is 1. The molecule has 0 unspecified atom stereocenters. The predicted octanol–water partition coefficient (Wildman–Crippen LogP) is 1.83. The summed E-state index contributed by atoms with van der Waals surface area (Å²) in [6, 6.07) is 7.25. The maximum Gasteiger partial charge on any atom is 0.275 e. The highest BCUT2D eigenvalue weighted by Gasteiger charge is 2.13. The van der Waals surface area contributed by atoms with Crippen LogP contribution in [0, 0.1) is 13.8 Å². The lowest BCUT2D eigenvalue weighted by Gasteiger charge is -2.17.